The number of carbonyl (C=O) groups is 2. The maximum Gasteiger partial charge on any atom is 0.226 e. The van der Waals surface area contributed by atoms with Gasteiger partial charge in [-0.25, -0.2) is 0 Å². The molecule has 3 unspecified atom stereocenters. The topological polar surface area (TPSA) is 86.2 Å². The van der Waals surface area contributed by atoms with Crippen molar-refractivity contribution in [1.82, 2.24) is 0 Å². The molecule has 4 fully saturated rings. The molecule has 1 amide bonds. The minimum atomic E-state index is -0.994. The Morgan fingerprint density at radius 2 is 1.65 bits per heavy atom. The van der Waals surface area contributed by atoms with Crippen LogP contribution in [-0.2, 0) is 9.59 Å². The van der Waals surface area contributed by atoms with Gasteiger partial charge in [0, 0.05) is 0 Å². The Morgan fingerprint density at radius 1 is 1.12 bits per heavy atom. The van der Waals surface area contributed by atoms with E-state index in [4.69, 9.17) is 11.5 Å². The lowest BCUT2D eigenvalue weighted by Crippen LogP contribution is -2.75. The van der Waals surface area contributed by atoms with E-state index in [1.807, 2.05) is 0 Å². The summed E-state index contributed by atoms with van der Waals surface area (Å²) in [7, 11) is 0. The standard InChI is InChI=1S/C13H20N2O2/c1-7(16)13(15)10-3-8-2-9(4-10)6-12(13,5-8)11(14)17/h8-10H,2-6,15H2,1H3,(H2,14,17). The maximum atomic E-state index is 12.0. The summed E-state index contributed by atoms with van der Waals surface area (Å²) < 4.78 is 0. The second-order valence-electron chi connectivity index (χ2n) is 6.42. The maximum absolute atomic E-state index is 12.0. The fraction of sp³-hybridized carbons (Fsp3) is 0.846. The van der Waals surface area contributed by atoms with Gasteiger partial charge in [0.05, 0.1) is 11.0 Å². The summed E-state index contributed by atoms with van der Waals surface area (Å²) in [6.07, 6.45) is 4.65. The first kappa shape index (κ1) is 11.2. The second kappa shape index (κ2) is 3.10. The number of rotatable bonds is 2. The van der Waals surface area contributed by atoms with E-state index in [1.54, 1.807) is 0 Å². The molecule has 0 radical (unpaired) electrons. The van der Waals surface area contributed by atoms with Gasteiger partial charge in [-0.2, -0.15) is 0 Å². The van der Waals surface area contributed by atoms with Crippen LogP contribution in [0.3, 0.4) is 0 Å². The van der Waals surface area contributed by atoms with E-state index < -0.39 is 11.0 Å². The normalized spacial score (nSPS) is 51.5. The van der Waals surface area contributed by atoms with Crippen molar-refractivity contribution >= 4 is 11.7 Å². The number of Topliss-reactive ketones (excluding diaryl/α,β-unsaturated/α-hetero) is 1. The van der Waals surface area contributed by atoms with Gasteiger partial charge in [-0.3, -0.25) is 9.59 Å². The van der Waals surface area contributed by atoms with Crippen LogP contribution < -0.4 is 11.5 Å². The molecular formula is C13H20N2O2. The van der Waals surface area contributed by atoms with E-state index >= 15 is 0 Å². The number of hydrogen-bond acceptors (Lipinski definition) is 3. The monoisotopic (exact) mass is 236 g/mol. The molecule has 3 atom stereocenters. The lowest BCUT2D eigenvalue weighted by molar-refractivity contribution is -0.169. The molecular weight excluding hydrogens is 216 g/mol. The Labute approximate surface area is 101 Å². The van der Waals surface area contributed by atoms with Gasteiger partial charge in [-0.15, -0.1) is 0 Å². The molecule has 4 rings (SSSR count). The summed E-state index contributed by atoms with van der Waals surface area (Å²) in [6, 6.07) is 0. The zero-order valence-electron chi connectivity index (χ0n) is 10.2. The first-order chi connectivity index (χ1) is 7.90. The lowest BCUT2D eigenvalue weighted by Gasteiger charge is -2.63. The number of primary amides is 1. The summed E-state index contributed by atoms with van der Waals surface area (Å²) in [5.41, 5.74) is 10.3. The van der Waals surface area contributed by atoms with Gasteiger partial charge in [-0.05, 0) is 56.8 Å². The molecule has 4 nitrogen and oxygen atoms in total. The van der Waals surface area contributed by atoms with Crippen LogP contribution in [0.15, 0.2) is 0 Å². The van der Waals surface area contributed by atoms with Gasteiger partial charge in [0.2, 0.25) is 5.91 Å². The number of hydrogen-bond donors (Lipinski definition) is 2. The molecule has 0 saturated heterocycles. The van der Waals surface area contributed by atoms with Crippen molar-refractivity contribution in [1.29, 1.82) is 0 Å². The molecule has 0 aromatic carbocycles. The molecule has 4 aliphatic rings. The Hall–Kier alpha value is -0.900. The van der Waals surface area contributed by atoms with E-state index in [2.05, 4.69) is 0 Å². The molecule has 4 aliphatic carbocycles. The highest BCUT2D eigenvalue weighted by Crippen LogP contribution is 2.63. The van der Waals surface area contributed by atoms with E-state index in [0.717, 1.165) is 25.7 Å². The SMILES string of the molecule is CC(=O)C1(N)C2CC3CC(C2)CC1(C(N)=O)C3. The molecule has 4 saturated carbocycles. The number of ketones is 1. The summed E-state index contributed by atoms with van der Waals surface area (Å²) in [4.78, 5) is 24.0. The van der Waals surface area contributed by atoms with Gasteiger partial charge >= 0.3 is 0 Å². The molecule has 0 heterocycles. The lowest BCUT2D eigenvalue weighted by atomic mass is 9.41. The van der Waals surface area contributed by atoms with Crippen molar-refractivity contribution in [3.8, 4) is 0 Å². The van der Waals surface area contributed by atoms with Crippen LogP contribution >= 0.6 is 0 Å². The van der Waals surface area contributed by atoms with E-state index in [0.29, 0.717) is 11.8 Å². The Kier molecular flexibility index (Phi) is 2.05. The Bertz CT molecular complexity index is 392. The minimum absolute atomic E-state index is 0.0555. The highest BCUT2D eigenvalue weighted by molar-refractivity contribution is 5.96. The summed E-state index contributed by atoms with van der Waals surface area (Å²) in [6.45, 7) is 1.52. The quantitative estimate of drug-likeness (QED) is 0.735. The first-order valence-electron chi connectivity index (χ1n) is 6.50. The largest absolute Gasteiger partial charge is 0.369 e. The molecule has 0 aromatic rings. The molecule has 4 bridgehead atoms. The van der Waals surface area contributed by atoms with Crippen LogP contribution in [0.2, 0.25) is 0 Å². The predicted molar refractivity (Wildman–Crippen MR) is 62.8 cm³/mol. The van der Waals surface area contributed by atoms with Crippen molar-refractivity contribution in [2.45, 2.75) is 44.6 Å². The molecule has 4 N–H and O–H groups in total. The Balaban J connectivity index is 2.14. The van der Waals surface area contributed by atoms with Crippen LogP contribution in [0, 0.1) is 23.2 Å². The van der Waals surface area contributed by atoms with Crippen molar-refractivity contribution in [2.75, 3.05) is 0 Å². The van der Waals surface area contributed by atoms with Gasteiger partial charge in [-0.1, -0.05) is 0 Å². The van der Waals surface area contributed by atoms with Crippen LogP contribution in [0.25, 0.3) is 0 Å². The van der Waals surface area contributed by atoms with Crippen LogP contribution in [0.4, 0.5) is 0 Å². The molecule has 94 valence electrons. The zero-order valence-corrected chi connectivity index (χ0v) is 10.2. The average Bonchev–Trinajstić information content (AvgIpc) is 2.23. The van der Waals surface area contributed by atoms with Crippen molar-refractivity contribution in [2.24, 2.45) is 34.6 Å². The summed E-state index contributed by atoms with van der Waals surface area (Å²) in [5, 5.41) is 0. The minimum Gasteiger partial charge on any atom is -0.369 e. The first-order valence-corrected chi connectivity index (χ1v) is 6.50. The van der Waals surface area contributed by atoms with E-state index in [9.17, 15) is 9.59 Å². The predicted octanol–water partition coefficient (Wildman–Crippen LogP) is 0.584. The molecule has 0 spiro atoms. The van der Waals surface area contributed by atoms with E-state index in [-0.39, 0.29) is 17.6 Å². The van der Waals surface area contributed by atoms with Crippen LogP contribution in [-0.4, -0.2) is 17.2 Å². The molecule has 4 heteroatoms. The third kappa shape index (κ3) is 1.12. The molecule has 0 aliphatic heterocycles. The zero-order chi connectivity index (χ0) is 12.4. The summed E-state index contributed by atoms with van der Waals surface area (Å²) >= 11 is 0. The van der Waals surface area contributed by atoms with Gasteiger partial charge < -0.3 is 11.5 Å². The fourth-order valence-corrected chi connectivity index (χ4v) is 5.10. The van der Waals surface area contributed by atoms with Gasteiger partial charge in [0.25, 0.3) is 0 Å². The van der Waals surface area contributed by atoms with E-state index in [1.165, 1.54) is 13.3 Å². The fourth-order valence-electron chi connectivity index (χ4n) is 5.10. The highest BCUT2D eigenvalue weighted by Gasteiger charge is 2.68. The third-order valence-electron chi connectivity index (χ3n) is 5.67. The number of carbonyl (C=O) groups excluding carboxylic acids is 2. The third-order valence-corrected chi connectivity index (χ3v) is 5.67. The molecule has 0 aromatic heterocycles. The van der Waals surface area contributed by atoms with Crippen molar-refractivity contribution in [3.05, 3.63) is 0 Å². The van der Waals surface area contributed by atoms with Crippen LogP contribution in [0.5, 0.6) is 0 Å². The van der Waals surface area contributed by atoms with Crippen molar-refractivity contribution < 1.29 is 9.59 Å². The molecule has 17 heavy (non-hydrogen) atoms. The second-order valence-corrected chi connectivity index (χ2v) is 6.42. The smallest absolute Gasteiger partial charge is 0.226 e. The van der Waals surface area contributed by atoms with Gasteiger partial charge in [0.1, 0.15) is 0 Å². The summed E-state index contributed by atoms with van der Waals surface area (Å²) in [5.74, 6) is 0.861. The van der Waals surface area contributed by atoms with Gasteiger partial charge in [0.15, 0.2) is 5.78 Å². The highest BCUT2D eigenvalue weighted by atomic mass is 16.2. The number of nitrogens with two attached hydrogens (primary N) is 2. The average molecular weight is 236 g/mol. The number of amides is 1. The van der Waals surface area contributed by atoms with Crippen molar-refractivity contribution in [3.63, 3.8) is 0 Å². The van der Waals surface area contributed by atoms with Crippen LogP contribution in [0.1, 0.15) is 39.0 Å². The Morgan fingerprint density at radius 3 is 2.06 bits per heavy atom.